The van der Waals surface area contributed by atoms with Crippen LogP contribution in [0.15, 0.2) is 59.8 Å². The molecule has 176 valence electrons. The first-order valence-electron chi connectivity index (χ1n) is 12.5. The Morgan fingerprint density at radius 1 is 0.939 bits per heavy atom. The summed E-state index contributed by atoms with van der Waals surface area (Å²) in [6.07, 6.45) is 12.8. The lowest BCUT2D eigenvalue weighted by atomic mass is 9.70. The van der Waals surface area contributed by atoms with Crippen LogP contribution in [-0.4, -0.2) is 11.8 Å². The number of rotatable bonds is 7. The SMILES string of the molecule is O=C(Nc1cccc(Cl)c1)O/N=C(\C1CCCCC1)C(Cc1ccccc1)C1CCCCC1. The number of hydrogen-bond donors (Lipinski definition) is 1. The van der Waals surface area contributed by atoms with Gasteiger partial charge in [-0.1, -0.05) is 91.7 Å². The van der Waals surface area contributed by atoms with E-state index in [1.807, 2.05) is 0 Å². The summed E-state index contributed by atoms with van der Waals surface area (Å²) in [4.78, 5) is 18.1. The molecule has 0 bridgehead atoms. The molecule has 2 aromatic rings. The Kier molecular flexibility index (Phi) is 8.82. The second-order valence-corrected chi connectivity index (χ2v) is 10.00. The number of oxime groups is 1. The Hall–Kier alpha value is -2.33. The van der Waals surface area contributed by atoms with Gasteiger partial charge in [0.25, 0.3) is 0 Å². The standard InChI is InChI=1S/C28H35ClN2O2/c29-24-17-10-18-25(20-24)30-28(32)33-31-27(23-15-8-3-9-16-23)26(22-13-6-2-7-14-22)19-21-11-4-1-5-12-21/h1,4-5,10-12,17-18,20,22-23,26H,2-3,6-9,13-16,19H2,(H,30,32)/b31-27+. The Morgan fingerprint density at radius 3 is 2.33 bits per heavy atom. The number of halogens is 1. The van der Waals surface area contributed by atoms with E-state index < -0.39 is 6.09 Å². The second-order valence-electron chi connectivity index (χ2n) is 9.56. The number of carbonyl (C=O) groups is 1. The van der Waals surface area contributed by atoms with Crippen molar-refractivity contribution in [2.24, 2.45) is 22.9 Å². The second kappa shape index (κ2) is 12.2. The minimum atomic E-state index is -0.562. The Bertz CT molecular complexity index is 919. The van der Waals surface area contributed by atoms with Crippen molar-refractivity contribution in [3.63, 3.8) is 0 Å². The molecule has 0 heterocycles. The molecule has 0 radical (unpaired) electrons. The van der Waals surface area contributed by atoms with Crippen LogP contribution in [0.25, 0.3) is 0 Å². The summed E-state index contributed by atoms with van der Waals surface area (Å²) in [6, 6.07) is 17.8. The Morgan fingerprint density at radius 2 is 1.64 bits per heavy atom. The van der Waals surface area contributed by atoms with Crippen molar-refractivity contribution in [2.45, 2.75) is 70.6 Å². The molecule has 1 amide bonds. The van der Waals surface area contributed by atoms with Crippen LogP contribution in [0.3, 0.4) is 0 Å². The fourth-order valence-electron chi connectivity index (χ4n) is 5.56. The number of nitrogens with one attached hydrogen (secondary N) is 1. The highest BCUT2D eigenvalue weighted by Gasteiger charge is 2.33. The predicted molar refractivity (Wildman–Crippen MR) is 136 cm³/mol. The average molecular weight is 467 g/mol. The molecule has 2 fully saturated rings. The van der Waals surface area contributed by atoms with E-state index in [1.54, 1.807) is 24.3 Å². The molecule has 1 N–H and O–H groups in total. The highest BCUT2D eigenvalue weighted by Crippen LogP contribution is 2.37. The quantitative estimate of drug-likeness (QED) is 0.253. The lowest BCUT2D eigenvalue weighted by Crippen LogP contribution is -2.34. The van der Waals surface area contributed by atoms with Gasteiger partial charge in [-0.25, -0.2) is 4.79 Å². The van der Waals surface area contributed by atoms with Gasteiger partial charge in [0.15, 0.2) is 0 Å². The molecule has 1 atom stereocenters. The van der Waals surface area contributed by atoms with Crippen LogP contribution < -0.4 is 5.32 Å². The van der Waals surface area contributed by atoms with E-state index in [4.69, 9.17) is 16.4 Å². The summed E-state index contributed by atoms with van der Waals surface area (Å²) in [7, 11) is 0. The fraction of sp³-hybridized carbons (Fsp3) is 0.500. The zero-order valence-electron chi connectivity index (χ0n) is 19.3. The van der Waals surface area contributed by atoms with Gasteiger partial charge >= 0.3 is 6.09 Å². The van der Waals surface area contributed by atoms with Gasteiger partial charge < -0.3 is 0 Å². The molecule has 5 heteroatoms. The molecule has 33 heavy (non-hydrogen) atoms. The van der Waals surface area contributed by atoms with Crippen molar-refractivity contribution in [2.75, 3.05) is 5.32 Å². The smallest absolute Gasteiger partial charge is 0.298 e. The first-order valence-corrected chi connectivity index (χ1v) is 12.9. The van der Waals surface area contributed by atoms with E-state index in [9.17, 15) is 4.79 Å². The molecule has 2 aromatic carbocycles. The molecule has 4 nitrogen and oxygen atoms in total. The van der Waals surface area contributed by atoms with Gasteiger partial charge in [0.1, 0.15) is 0 Å². The summed E-state index contributed by atoms with van der Waals surface area (Å²) in [5, 5.41) is 7.93. The molecule has 0 aromatic heterocycles. The molecule has 0 aliphatic heterocycles. The number of carbonyl (C=O) groups excluding carboxylic acids is 1. The van der Waals surface area contributed by atoms with Crippen molar-refractivity contribution in [1.82, 2.24) is 0 Å². The fourth-order valence-corrected chi connectivity index (χ4v) is 5.75. The average Bonchev–Trinajstić information content (AvgIpc) is 2.85. The van der Waals surface area contributed by atoms with Gasteiger partial charge in [-0.05, 0) is 61.8 Å². The van der Waals surface area contributed by atoms with Gasteiger partial charge in [-0.3, -0.25) is 10.2 Å². The van der Waals surface area contributed by atoms with E-state index >= 15 is 0 Å². The summed E-state index contributed by atoms with van der Waals surface area (Å²) in [6.45, 7) is 0. The highest BCUT2D eigenvalue weighted by molar-refractivity contribution is 6.30. The summed E-state index contributed by atoms with van der Waals surface area (Å²) in [5.74, 6) is 1.31. The molecular weight excluding hydrogens is 432 g/mol. The minimum Gasteiger partial charge on any atom is -0.298 e. The van der Waals surface area contributed by atoms with E-state index in [0.29, 0.717) is 28.5 Å². The van der Waals surface area contributed by atoms with Crippen molar-refractivity contribution < 1.29 is 9.63 Å². The van der Waals surface area contributed by atoms with Gasteiger partial charge in [0.2, 0.25) is 0 Å². The molecule has 2 aliphatic rings. The third-order valence-electron chi connectivity index (χ3n) is 7.23. The molecule has 4 rings (SSSR count). The first-order chi connectivity index (χ1) is 16.2. The van der Waals surface area contributed by atoms with E-state index in [-0.39, 0.29) is 0 Å². The van der Waals surface area contributed by atoms with Crippen molar-refractivity contribution in [1.29, 1.82) is 0 Å². The number of hydrogen-bond acceptors (Lipinski definition) is 3. The van der Waals surface area contributed by atoms with Crippen LogP contribution in [0.1, 0.15) is 69.8 Å². The van der Waals surface area contributed by atoms with Crippen LogP contribution >= 0.6 is 11.6 Å². The third kappa shape index (κ3) is 7.07. The van der Waals surface area contributed by atoms with Gasteiger partial charge in [-0.15, -0.1) is 0 Å². The zero-order chi connectivity index (χ0) is 22.9. The lowest BCUT2D eigenvalue weighted by Gasteiger charge is -2.35. The predicted octanol–water partition coefficient (Wildman–Crippen LogP) is 8.26. The number of benzene rings is 2. The maximum absolute atomic E-state index is 12.6. The summed E-state index contributed by atoms with van der Waals surface area (Å²) < 4.78 is 0. The molecule has 0 saturated heterocycles. The van der Waals surface area contributed by atoms with Crippen molar-refractivity contribution >= 4 is 29.1 Å². The largest absolute Gasteiger partial charge is 0.437 e. The normalized spacial score (nSPS) is 19.1. The first kappa shape index (κ1) is 23.8. The van der Waals surface area contributed by atoms with Gasteiger partial charge in [0, 0.05) is 22.5 Å². The monoisotopic (exact) mass is 466 g/mol. The third-order valence-corrected chi connectivity index (χ3v) is 7.46. The Labute approximate surface area is 202 Å². The van der Waals surface area contributed by atoms with Crippen LogP contribution in [0, 0.1) is 17.8 Å². The van der Waals surface area contributed by atoms with Crippen molar-refractivity contribution in [3.8, 4) is 0 Å². The topological polar surface area (TPSA) is 50.7 Å². The van der Waals surface area contributed by atoms with Crippen molar-refractivity contribution in [3.05, 3.63) is 65.2 Å². The van der Waals surface area contributed by atoms with Crippen LogP contribution in [0.2, 0.25) is 5.02 Å². The maximum Gasteiger partial charge on any atom is 0.437 e. The molecule has 2 aliphatic carbocycles. The number of anilines is 1. The van der Waals surface area contributed by atoms with E-state index in [0.717, 1.165) is 25.0 Å². The van der Waals surface area contributed by atoms with Crippen LogP contribution in [0.4, 0.5) is 10.5 Å². The molecule has 0 spiro atoms. The van der Waals surface area contributed by atoms with Gasteiger partial charge in [-0.2, -0.15) is 0 Å². The highest BCUT2D eigenvalue weighted by atomic mass is 35.5. The summed E-state index contributed by atoms with van der Waals surface area (Å²) in [5.41, 5.74) is 3.04. The molecular formula is C28H35ClN2O2. The van der Waals surface area contributed by atoms with E-state index in [1.165, 1.54) is 56.9 Å². The van der Waals surface area contributed by atoms with Crippen LogP contribution in [0.5, 0.6) is 0 Å². The lowest BCUT2D eigenvalue weighted by molar-refractivity contribution is 0.162. The Balaban J connectivity index is 1.57. The van der Waals surface area contributed by atoms with Gasteiger partial charge in [0.05, 0.1) is 5.71 Å². The van der Waals surface area contributed by atoms with Crippen LogP contribution in [-0.2, 0) is 11.3 Å². The number of nitrogens with zero attached hydrogens (tertiary/aromatic N) is 1. The molecule has 1 unspecified atom stereocenters. The van der Waals surface area contributed by atoms with E-state index in [2.05, 4.69) is 40.8 Å². The zero-order valence-corrected chi connectivity index (χ0v) is 20.1. The summed E-state index contributed by atoms with van der Waals surface area (Å²) >= 11 is 6.04. The maximum atomic E-state index is 12.6. The molecule has 2 saturated carbocycles. The number of amides is 1. The minimum absolute atomic E-state index is 0.315.